The molecule has 1 atom stereocenters. The molecule has 0 unspecified atom stereocenters. The molecule has 28 heavy (non-hydrogen) atoms. The fraction of sp³-hybridized carbons (Fsp3) is 0.286. The van der Waals surface area contributed by atoms with Crippen molar-refractivity contribution >= 4 is 17.5 Å². The van der Waals surface area contributed by atoms with Crippen molar-refractivity contribution in [2.45, 2.75) is 25.9 Å². The number of likely N-dealkylation sites (tertiary alicyclic amines) is 1. The van der Waals surface area contributed by atoms with Crippen molar-refractivity contribution in [2.75, 3.05) is 13.1 Å². The third-order valence-electron chi connectivity index (χ3n) is 4.89. The van der Waals surface area contributed by atoms with Gasteiger partial charge in [-0.3, -0.25) is 9.69 Å². The summed E-state index contributed by atoms with van der Waals surface area (Å²) in [6.45, 7) is 4.49. The van der Waals surface area contributed by atoms with Crippen molar-refractivity contribution in [3.05, 3.63) is 76.6 Å². The van der Waals surface area contributed by atoms with Crippen molar-refractivity contribution in [3.63, 3.8) is 0 Å². The third kappa shape index (κ3) is 4.24. The van der Waals surface area contributed by atoms with Crippen LogP contribution in [0.15, 0.2) is 54.6 Å². The van der Waals surface area contributed by atoms with Gasteiger partial charge in [-0.1, -0.05) is 48.0 Å². The first-order valence-corrected chi connectivity index (χ1v) is 9.73. The van der Waals surface area contributed by atoms with Crippen LogP contribution >= 0.6 is 11.6 Å². The molecule has 1 saturated heterocycles. The van der Waals surface area contributed by atoms with E-state index in [9.17, 15) is 4.79 Å². The van der Waals surface area contributed by atoms with E-state index in [0.717, 1.165) is 31.7 Å². The van der Waals surface area contributed by atoms with Gasteiger partial charge in [0.15, 0.2) is 5.69 Å². The third-order valence-corrected chi connectivity index (χ3v) is 5.13. The predicted octanol–water partition coefficient (Wildman–Crippen LogP) is 3.23. The zero-order valence-electron chi connectivity index (χ0n) is 15.7. The molecule has 2 aromatic carbocycles. The first kappa shape index (κ1) is 18.7. The van der Waals surface area contributed by atoms with Gasteiger partial charge in [0.25, 0.3) is 5.91 Å². The maximum atomic E-state index is 12.7. The molecule has 2 heterocycles. The maximum Gasteiger partial charge on any atom is 0.274 e. The van der Waals surface area contributed by atoms with Crippen LogP contribution in [0.4, 0.5) is 0 Å². The van der Waals surface area contributed by atoms with Crippen molar-refractivity contribution in [3.8, 4) is 5.69 Å². The molecule has 0 saturated carbocycles. The van der Waals surface area contributed by atoms with E-state index in [1.54, 1.807) is 19.1 Å². The summed E-state index contributed by atoms with van der Waals surface area (Å²) >= 11 is 6.04. The van der Waals surface area contributed by atoms with Gasteiger partial charge < -0.3 is 5.32 Å². The molecule has 1 fully saturated rings. The molecule has 4 rings (SSSR count). The lowest BCUT2D eigenvalue weighted by Crippen LogP contribution is -2.37. The number of halogens is 1. The lowest BCUT2D eigenvalue weighted by Gasteiger charge is -2.16. The van der Waals surface area contributed by atoms with Crippen LogP contribution in [-0.4, -0.2) is 44.9 Å². The molecule has 1 aromatic heterocycles. The number of hydrogen-bond acceptors (Lipinski definition) is 4. The summed E-state index contributed by atoms with van der Waals surface area (Å²) < 4.78 is 0. The number of carbonyl (C=O) groups excluding carboxylic acids is 1. The van der Waals surface area contributed by atoms with Gasteiger partial charge in [-0.25, -0.2) is 0 Å². The van der Waals surface area contributed by atoms with Crippen molar-refractivity contribution in [2.24, 2.45) is 0 Å². The van der Waals surface area contributed by atoms with E-state index in [-0.39, 0.29) is 11.9 Å². The van der Waals surface area contributed by atoms with Gasteiger partial charge in [0, 0.05) is 30.7 Å². The minimum absolute atomic E-state index is 0.118. The quantitative estimate of drug-likeness (QED) is 0.720. The minimum Gasteiger partial charge on any atom is -0.347 e. The summed E-state index contributed by atoms with van der Waals surface area (Å²) in [7, 11) is 0. The molecule has 1 N–H and O–H groups in total. The highest BCUT2D eigenvalue weighted by Crippen LogP contribution is 2.16. The molecule has 0 aliphatic carbocycles. The monoisotopic (exact) mass is 395 g/mol. The fourth-order valence-electron chi connectivity index (χ4n) is 3.49. The average molecular weight is 396 g/mol. The summed E-state index contributed by atoms with van der Waals surface area (Å²) in [5.74, 6) is -0.183. The van der Waals surface area contributed by atoms with Crippen molar-refractivity contribution in [1.82, 2.24) is 25.2 Å². The van der Waals surface area contributed by atoms with Crippen molar-refractivity contribution < 1.29 is 4.79 Å². The number of hydrogen-bond donors (Lipinski definition) is 1. The zero-order chi connectivity index (χ0) is 19.5. The number of amides is 1. The van der Waals surface area contributed by atoms with E-state index in [0.29, 0.717) is 16.4 Å². The Morgan fingerprint density at radius 2 is 2.00 bits per heavy atom. The maximum absolute atomic E-state index is 12.7. The van der Waals surface area contributed by atoms with Gasteiger partial charge in [0.05, 0.1) is 11.4 Å². The van der Waals surface area contributed by atoms with E-state index < -0.39 is 0 Å². The van der Waals surface area contributed by atoms with Crippen LogP contribution in [0.3, 0.4) is 0 Å². The van der Waals surface area contributed by atoms with Gasteiger partial charge in [-0.05, 0) is 37.1 Å². The Hall–Kier alpha value is -2.70. The molecule has 1 amide bonds. The normalized spacial score (nSPS) is 17.0. The zero-order valence-corrected chi connectivity index (χ0v) is 16.4. The van der Waals surface area contributed by atoms with Gasteiger partial charge in [0.2, 0.25) is 0 Å². The van der Waals surface area contributed by atoms with Crippen LogP contribution < -0.4 is 5.32 Å². The number of carbonyl (C=O) groups is 1. The highest BCUT2D eigenvalue weighted by Gasteiger charge is 2.26. The molecule has 0 radical (unpaired) electrons. The number of nitrogens with zero attached hydrogens (tertiary/aromatic N) is 4. The van der Waals surface area contributed by atoms with Crippen LogP contribution in [0.1, 0.15) is 28.2 Å². The SMILES string of the molecule is Cc1nn(-c2cccc(Cl)c2)nc1C(=O)N[C@H]1CCN(Cc2ccccc2)C1. The Labute approximate surface area is 169 Å². The number of benzene rings is 2. The molecular formula is C21H22ClN5O. The smallest absolute Gasteiger partial charge is 0.274 e. The highest BCUT2D eigenvalue weighted by atomic mass is 35.5. The Bertz CT molecular complexity index is 972. The van der Waals surface area contributed by atoms with E-state index in [2.05, 4.69) is 44.7 Å². The number of nitrogens with one attached hydrogen (secondary N) is 1. The largest absolute Gasteiger partial charge is 0.347 e. The van der Waals surface area contributed by atoms with Gasteiger partial charge in [-0.2, -0.15) is 9.90 Å². The number of aryl methyl sites for hydroxylation is 1. The van der Waals surface area contributed by atoms with E-state index in [1.807, 2.05) is 18.2 Å². The number of rotatable bonds is 5. The topological polar surface area (TPSA) is 63.1 Å². The van der Waals surface area contributed by atoms with Crippen LogP contribution in [0.25, 0.3) is 5.69 Å². The number of aromatic nitrogens is 3. The summed E-state index contributed by atoms with van der Waals surface area (Å²) in [6, 6.07) is 17.7. The Morgan fingerprint density at radius 3 is 2.79 bits per heavy atom. The second kappa shape index (κ2) is 8.12. The Kier molecular flexibility index (Phi) is 5.41. The van der Waals surface area contributed by atoms with Crippen LogP contribution in [0.5, 0.6) is 0 Å². The first-order chi connectivity index (χ1) is 13.6. The van der Waals surface area contributed by atoms with Gasteiger partial charge in [0.1, 0.15) is 0 Å². The van der Waals surface area contributed by atoms with Crippen molar-refractivity contribution in [1.29, 1.82) is 0 Å². The van der Waals surface area contributed by atoms with Gasteiger partial charge >= 0.3 is 0 Å². The van der Waals surface area contributed by atoms with E-state index in [1.165, 1.54) is 10.4 Å². The molecule has 1 aliphatic heterocycles. The molecule has 3 aromatic rings. The average Bonchev–Trinajstić information content (AvgIpc) is 3.29. The van der Waals surface area contributed by atoms with Crippen LogP contribution in [0, 0.1) is 6.92 Å². The van der Waals surface area contributed by atoms with Crippen LogP contribution in [0.2, 0.25) is 5.02 Å². The summed E-state index contributed by atoms with van der Waals surface area (Å²) in [6.07, 6.45) is 0.931. The lowest BCUT2D eigenvalue weighted by molar-refractivity contribution is 0.0931. The second-order valence-electron chi connectivity index (χ2n) is 7.08. The molecule has 144 valence electrons. The molecule has 6 nitrogen and oxygen atoms in total. The summed E-state index contributed by atoms with van der Waals surface area (Å²) in [5, 5.41) is 12.4. The molecule has 0 spiro atoms. The molecule has 7 heteroatoms. The summed E-state index contributed by atoms with van der Waals surface area (Å²) in [4.78, 5) is 16.5. The lowest BCUT2D eigenvalue weighted by atomic mass is 10.2. The van der Waals surface area contributed by atoms with E-state index >= 15 is 0 Å². The standard InChI is InChI=1S/C21H22ClN5O/c1-15-20(25-27(24-15)19-9-5-8-17(22)12-19)21(28)23-18-10-11-26(14-18)13-16-6-3-2-4-7-16/h2-9,12,18H,10-11,13-14H2,1H3,(H,23,28)/t18-/m0/s1. The second-order valence-corrected chi connectivity index (χ2v) is 7.52. The summed E-state index contributed by atoms with van der Waals surface area (Å²) in [5.41, 5.74) is 2.96. The fourth-order valence-corrected chi connectivity index (χ4v) is 3.68. The highest BCUT2D eigenvalue weighted by molar-refractivity contribution is 6.30. The predicted molar refractivity (Wildman–Crippen MR) is 109 cm³/mol. The Balaban J connectivity index is 1.39. The minimum atomic E-state index is -0.183. The molecular weight excluding hydrogens is 374 g/mol. The Morgan fingerprint density at radius 1 is 1.18 bits per heavy atom. The van der Waals surface area contributed by atoms with Crippen LogP contribution in [-0.2, 0) is 6.54 Å². The molecule has 1 aliphatic rings. The van der Waals surface area contributed by atoms with Gasteiger partial charge in [-0.15, -0.1) is 5.10 Å². The molecule has 0 bridgehead atoms. The van der Waals surface area contributed by atoms with E-state index in [4.69, 9.17) is 11.6 Å². The first-order valence-electron chi connectivity index (χ1n) is 9.35.